The number of piperazine rings is 1. The Kier molecular flexibility index (Phi) is 6.42. The van der Waals surface area contributed by atoms with Crippen LogP contribution in [0.25, 0.3) is 0 Å². The molecule has 138 valence electrons. The van der Waals surface area contributed by atoms with Crippen LogP contribution in [0.3, 0.4) is 0 Å². The maximum absolute atomic E-state index is 13.0. The van der Waals surface area contributed by atoms with Crippen LogP contribution in [0.15, 0.2) is 60.7 Å². The van der Waals surface area contributed by atoms with E-state index in [-0.39, 0.29) is 18.0 Å². The molecule has 4 heteroatoms. The molecule has 0 bridgehead atoms. The van der Waals surface area contributed by atoms with Gasteiger partial charge >= 0.3 is 0 Å². The van der Waals surface area contributed by atoms with E-state index in [1.807, 2.05) is 36.4 Å². The van der Waals surface area contributed by atoms with Crippen LogP contribution in [0, 0.1) is 0 Å². The van der Waals surface area contributed by atoms with Gasteiger partial charge in [0.15, 0.2) is 6.04 Å². The molecule has 4 nitrogen and oxygen atoms in total. The Morgan fingerprint density at radius 2 is 1.42 bits per heavy atom. The monoisotopic (exact) mass is 353 g/mol. The van der Waals surface area contributed by atoms with Gasteiger partial charge in [-0.3, -0.25) is 4.79 Å². The molecule has 1 amide bonds. The molecule has 3 rings (SSSR count). The molecule has 1 heterocycles. The lowest BCUT2D eigenvalue weighted by atomic mass is 9.98. The molecule has 0 unspecified atom stereocenters. The van der Waals surface area contributed by atoms with Gasteiger partial charge in [-0.2, -0.15) is 0 Å². The minimum absolute atomic E-state index is 0.0247. The number of hydrogen-bond donors (Lipinski definition) is 3. The topological polar surface area (TPSA) is 38.0 Å². The lowest BCUT2D eigenvalue weighted by molar-refractivity contribution is -1.02. The fourth-order valence-corrected chi connectivity index (χ4v) is 3.81. The van der Waals surface area contributed by atoms with Crippen molar-refractivity contribution in [3.05, 3.63) is 71.8 Å². The van der Waals surface area contributed by atoms with Crippen LogP contribution in [0.2, 0.25) is 0 Å². The minimum Gasteiger partial charge on any atom is -0.340 e. The summed E-state index contributed by atoms with van der Waals surface area (Å²) in [6.45, 7) is 9.93. The van der Waals surface area contributed by atoms with Crippen molar-refractivity contribution in [1.29, 1.82) is 0 Å². The van der Waals surface area contributed by atoms with Gasteiger partial charge in [-0.15, -0.1) is 0 Å². The Bertz CT molecular complexity index is 642. The molecule has 1 saturated heterocycles. The van der Waals surface area contributed by atoms with E-state index in [0.29, 0.717) is 0 Å². The van der Waals surface area contributed by atoms with Crippen molar-refractivity contribution in [1.82, 2.24) is 5.32 Å². The molecule has 0 saturated carbocycles. The summed E-state index contributed by atoms with van der Waals surface area (Å²) in [5, 5.41) is 3.31. The van der Waals surface area contributed by atoms with Gasteiger partial charge in [-0.1, -0.05) is 60.7 Å². The average Bonchev–Trinajstić information content (AvgIpc) is 2.72. The van der Waals surface area contributed by atoms with Crippen LogP contribution in [0.4, 0.5) is 0 Å². The van der Waals surface area contributed by atoms with E-state index in [1.165, 1.54) is 11.4 Å². The SMILES string of the molecule is CC[NH+]1CC[NH+]([C@H](C)C(=O)NC(c2ccccc2)c2ccccc2)CC1. The highest BCUT2D eigenvalue weighted by Crippen LogP contribution is 2.21. The number of carbonyl (C=O) groups is 1. The quantitative estimate of drug-likeness (QED) is 0.676. The van der Waals surface area contributed by atoms with Gasteiger partial charge in [0, 0.05) is 0 Å². The molecule has 1 atom stereocenters. The Morgan fingerprint density at radius 3 is 1.88 bits per heavy atom. The first kappa shape index (κ1) is 18.6. The molecular weight excluding hydrogens is 322 g/mol. The van der Waals surface area contributed by atoms with Crippen molar-refractivity contribution in [2.24, 2.45) is 0 Å². The van der Waals surface area contributed by atoms with Crippen LogP contribution in [0.5, 0.6) is 0 Å². The standard InChI is InChI=1S/C22H29N3O/c1-3-24-14-16-25(17-15-24)18(2)22(26)23-21(19-10-6-4-7-11-19)20-12-8-5-9-13-20/h4-13,18,21H,3,14-17H2,1-2H3,(H,23,26)/p+2/t18-/m1/s1. The summed E-state index contributed by atoms with van der Waals surface area (Å²) in [7, 11) is 0. The average molecular weight is 354 g/mol. The number of likely N-dealkylation sites (N-methyl/N-ethyl adjacent to an activating group) is 1. The second kappa shape index (κ2) is 8.97. The first-order valence-corrected chi connectivity index (χ1v) is 9.77. The Hall–Kier alpha value is -2.17. The van der Waals surface area contributed by atoms with Crippen molar-refractivity contribution >= 4 is 5.91 Å². The van der Waals surface area contributed by atoms with Crippen LogP contribution >= 0.6 is 0 Å². The third-order valence-corrected chi connectivity index (χ3v) is 5.66. The summed E-state index contributed by atoms with van der Waals surface area (Å²) in [6, 6.07) is 20.3. The van der Waals surface area contributed by atoms with Crippen molar-refractivity contribution in [2.75, 3.05) is 32.7 Å². The van der Waals surface area contributed by atoms with Gasteiger partial charge in [0.1, 0.15) is 26.2 Å². The highest BCUT2D eigenvalue weighted by Gasteiger charge is 2.31. The Morgan fingerprint density at radius 1 is 0.923 bits per heavy atom. The fraction of sp³-hybridized carbons (Fsp3) is 0.409. The van der Waals surface area contributed by atoms with Gasteiger partial charge in [-0.05, 0) is 25.0 Å². The van der Waals surface area contributed by atoms with Crippen LogP contribution in [-0.4, -0.2) is 44.7 Å². The summed E-state index contributed by atoms with van der Waals surface area (Å²) >= 11 is 0. The zero-order valence-electron chi connectivity index (χ0n) is 15.9. The molecule has 2 aromatic carbocycles. The van der Waals surface area contributed by atoms with Crippen LogP contribution in [-0.2, 0) is 4.79 Å². The Balaban J connectivity index is 1.71. The van der Waals surface area contributed by atoms with Crippen molar-refractivity contribution in [2.45, 2.75) is 25.9 Å². The highest BCUT2D eigenvalue weighted by atomic mass is 16.2. The number of hydrogen-bond acceptors (Lipinski definition) is 1. The minimum atomic E-state index is -0.102. The number of carbonyl (C=O) groups excluding carboxylic acids is 1. The van der Waals surface area contributed by atoms with E-state index >= 15 is 0 Å². The van der Waals surface area contributed by atoms with E-state index < -0.39 is 0 Å². The van der Waals surface area contributed by atoms with E-state index in [9.17, 15) is 4.79 Å². The molecule has 26 heavy (non-hydrogen) atoms. The van der Waals surface area contributed by atoms with Crippen molar-refractivity contribution in [3.8, 4) is 0 Å². The number of amides is 1. The largest absolute Gasteiger partial charge is 0.340 e. The first-order valence-electron chi connectivity index (χ1n) is 9.77. The van der Waals surface area contributed by atoms with E-state index in [4.69, 9.17) is 0 Å². The normalized spacial score (nSPS) is 21.3. The predicted molar refractivity (Wildman–Crippen MR) is 104 cm³/mol. The van der Waals surface area contributed by atoms with Gasteiger partial charge in [0.25, 0.3) is 5.91 Å². The number of nitrogens with one attached hydrogen (secondary N) is 3. The molecule has 3 N–H and O–H groups in total. The maximum atomic E-state index is 13.0. The molecule has 0 aliphatic carbocycles. The highest BCUT2D eigenvalue weighted by molar-refractivity contribution is 5.80. The van der Waals surface area contributed by atoms with E-state index in [1.54, 1.807) is 4.90 Å². The van der Waals surface area contributed by atoms with Crippen LogP contribution in [0.1, 0.15) is 31.0 Å². The first-order chi connectivity index (χ1) is 12.7. The molecule has 2 aromatic rings. The van der Waals surface area contributed by atoms with E-state index in [0.717, 1.165) is 37.3 Å². The summed E-state index contributed by atoms with van der Waals surface area (Å²) < 4.78 is 0. The van der Waals surface area contributed by atoms with Crippen LogP contribution < -0.4 is 15.1 Å². The zero-order chi connectivity index (χ0) is 18.4. The fourth-order valence-electron chi connectivity index (χ4n) is 3.81. The number of rotatable bonds is 6. The second-order valence-corrected chi connectivity index (χ2v) is 7.25. The molecule has 1 fully saturated rings. The molecule has 0 aromatic heterocycles. The van der Waals surface area contributed by atoms with Gasteiger partial charge in [0.05, 0.1) is 12.6 Å². The predicted octanol–water partition coefficient (Wildman–Crippen LogP) is 0.0840. The third kappa shape index (κ3) is 4.51. The summed E-state index contributed by atoms with van der Waals surface area (Å²) in [4.78, 5) is 16.1. The lowest BCUT2D eigenvalue weighted by Crippen LogP contribution is -3.29. The van der Waals surface area contributed by atoms with Crippen molar-refractivity contribution in [3.63, 3.8) is 0 Å². The molecule has 0 spiro atoms. The van der Waals surface area contributed by atoms with E-state index in [2.05, 4.69) is 43.4 Å². The molecular formula is C22H31N3O+2. The zero-order valence-corrected chi connectivity index (χ0v) is 15.9. The summed E-state index contributed by atoms with van der Waals surface area (Å²) in [5.74, 6) is 0.137. The van der Waals surface area contributed by atoms with Crippen molar-refractivity contribution < 1.29 is 14.6 Å². The number of benzene rings is 2. The van der Waals surface area contributed by atoms with Gasteiger partial charge in [0.2, 0.25) is 0 Å². The molecule has 1 aliphatic rings. The smallest absolute Gasteiger partial charge is 0.278 e. The maximum Gasteiger partial charge on any atom is 0.278 e. The molecule has 0 radical (unpaired) electrons. The summed E-state index contributed by atoms with van der Waals surface area (Å²) in [5.41, 5.74) is 2.24. The van der Waals surface area contributed by atoms with Gasteiger partial charge in [-0.25, -0.2) is 0 Å². The summed E-state index contributed by atoms with van der Waals surface area (Å²) in [6.07, 6.45) is 0. The number of quaternary nitrogens is 2. The second-order valence-electron chi connectivity index (χ2n) is 7.25. The third-order valence-electron chi connectivity index (χ3n) is 5.66. The molecule has 1 aliphatic heterocycles. The Labute approximate surface area is 156 Å². The lowest BCUT2D eigenvalue weighted by Gasteiger charge is -2.33. The van der Waals surface area contributed by atoms with Gasteiger partial charge < -0.3 is 15.1 Å².